The molecule has 2 rings (SSSR count). The van der Waals surface area contributed by atoms with E-state index in [2.05, 4.69) is 15.0 Å². The molecule has 2 aromatic rings. The van der Waals surface area contributed by atoms with E-state index in [1.165, 1.54) is 6.20 Å². The summed E-state index contributed by atoms with van der Waals surface area (Å²) in [7, 11) is 0. The predicted octanol–water partition coefficient (Wildman–Crippen LogP) is 1.29. The highest BCUT2D eigenvalue weighted by Crippen LogP contribution is 2.14. The van der Waals surface area contributed by atoms with Gasteiger partial charge in [0.1, 0.15) is 5.69 Å². The number of H-pyrrole nitrogens is 2. The Kier molecular flexibility index (Phi) is 3.79. The Morgan fingerprint density at radius 3 is 2.84 bits per heavy atom. The number of aryl methyl sites for hydroxylation is 1. The first-order valence-corrected chi connectivity index (χ1v) is 6.10. The Balaban J connectivity index is 2.38. The number of imidazole rings is 1. The minimum atomic E-state index is -0.376. The normalized spacial score (nSPS) is 10.4. The van der Waals surface area contributed by atoms with Crippen LogP contribution < -0.4 is 10.4 Å². The average Bonchev–Trinajstić information content (AvgIpc) is 2.80. The molecule has 0 aromatic carbocycles. The topological polar surface area (TPSA) is 87.8 Å². The highest BCUT2D eigenvalue weighted by atomic mass is 16.5. The van der Waals surface area contributed by atoms with Crippen LogP contribution in [0.1, 0.15) is 35.6 Å². The van der Waals surface area contributed by atoms with Gasteiger partial charge in [-0.1, -0.05) is 6.92 Å². The summed E-state index contributed by atoms with van der Waals surface area (Å²) in [5, 5.41) is 0. The number of pyridine rings is 1. The largest absolute Gasteiger partial charge is 0.478 e. The molecule has 0 radical (unpaired) electrons. The highest BCUT2D eigenvalue weighted by molar-refractivity contribution is 6.08. The lowest BCUT2D eigenvalue weighted by atomic mass is 10.1. The summed E-state index contributed by atoms with van der Waals surface area (Å²) in [5.41, 5.74) is 0.952. The van der Waals surface area contributed by atoms with Crippen molar-refractivity contribution in [2.24, 2.45) is 0 Å². The smallest absolute Gasteiger partial charge is 0.323 e. The van der Waals surface area contributed by atoms with Crippen LogP contribution in [-0.2, 0) is 6.42 Å². The molecule has 0 fully saturated rings. The maximum absolute atomic E-state index is 12.3. The van der Waals surface area contributed by atoms with Crippen molar-refractivity contribution in [2.45, 2.75) is 20.3 Å². The Labute approximate surface area is 109 Å². The van der Waals surface area contributed by atoms with Crippen LogP contribution in [-0.4, -0.2) is 27.3 Å². The van der Waals surface area contributed by atoms with Crippen molar-refractivity contribution in [3.8, 4) is 5.88 Å². The van der Waals surface area contributed by atoms with Gasteiger partial charge in [0.2, 0.25) is 11.7 Å². The fourth-order valence-electron chi connectivity index (χ4n) is 1.80. The summed E-state index contributed by atoms with van der Waals surface area (Å²) in [5.74, 6) is 0.142. The molecule has 2 N–H and O–H groups in total. The average molecular weight is 261 g/mol. The van der Waals surface area contributed by atoms with Crippen LogP contribution in [0.2, 0.25) is 0 Å². The lowest BCUT2D eigenvalue weighted by Crippen LogP contribution is -2.07. The molecule has 0 unspecified atom stereocenters. The van der Waals surface area contributed by atoms with E-state index in [4.69, 9.17) is 4.74 Å². The van der Waals surface area contributed by atoms with Crippen LogP contribution in [0.3, 0.4) is 0 Å². The molecule has 0 aliphatic rings. The number of hydrogen-bond acceptors (Lipinski definition) is 4. The molecule has 6 heteroatoms. The Morgan fingerprint density at radius 1 is 1.37 bits per heavy atom. The Morgan fingerprint density at radius 2 is 2.16 bits per heavy atom. The molecule has 2 aromatic heterocycles. The van der Waals surface area contributed by atoms with Gasteiger partial charge in [0.15, 0.2) is 0 Å². The van der Waals surface area contributed by atoms with Crippen LogP contribution >= 0.6 is 0 Å². The summed E-state index contributed by atoms with van der Waals surface area (Å²) in [6, 6.07) is 3.16. The van der Waals surface area contributed by atoms with Gasteiger partial charge >= 0.3 is 5.69 Å². The molecular formula is C13H15N3O3. The predicted molar refractivity (Wildman–Crippen MR) is 69.6 cm³/mol. The number of rotatable bonds is 5. The van der Waals surface area contributed by atoms with Gasteiger partial charge in [-0.3, -0.25) is 4.79 Å². The van der Waals surface area contributed by atoms with Crippen LogP contribution in [0.4, 0.5) is 0 Å². The quantitative estimate of drug-likeness (QED) is 0.794. The third-order valence-electron chi connectivity index (χ3n) is 2.67. The molecule has 0 amide bonds. The number of ketones is 1. The van der Waals surface area contributed by atoms with Crippen LogP contribution in [0.5, 0.6) is 5.88 Å². The van der Waals surface area contributed by atoms with Crippen molar-refractivity contribution in [1.29, 1.82) is 0 Å². The number of nitrogens with one attached hydrogen (secondary N) is 2. The van der Waals surface area contributed by atoms with Gasteiger partial charge in [0.05, 0.1) is 6.61 Å². The standard InChI is InChI=1S/C13H15N3O3/c1-3-9-11(16-13(18)15-9)12(17)8-5-6-14-10(7-8)19-4-2/h5-7H,3-4H2,1-2H3,(H2,15,16,18). The van der Waals surface area contributed by atoms with Gasteiger partial charge in [0.25, 0.3) is 0 Å². The lowest BCUT2D eigenvalue weighted by Gasteiger charge is -2.04. The van der Waals surface area contributed by atoms with Gasteiger partial charge in [0, 0.05) is 23.5 Å². The van der Waals surface area contributed by atoms with E-state index in [1.807, 2.05) is 13.8 Å². The van der Waals surface area contributed by atoms with Crippen molar-refractivity contribution in [3.05, 3.63) is 45.8 Å². The second kappa shape index (κ2) is 5.51. The van der Waals surface area contributed by atoms with E-state index < -0.39 is 0 Å². The Bertz CT molecular complexity index is 643. The van der Waals surface area contributed by atoms with Gasteiger partial charge < -0.3 is 14.7 Å². The molecule has 0 aliphatic heterocycles. The summed E-state index contributed by atoms with van der Waals surface area (Å²) in [4.78, 5) is 32.7. The first-order chi connectivity index (χ1) is 9.15. The first-order valence-electron chi connectivity index (χ1n) is 6.10. The van der Waals surface area contributed by atoms with Gasteiger partial charge in [-0.15, -0.1) is 0 Å². The molecule has 0 saturated carbocycles. The van der Waals surface area contributed by atoms with E-state index in [0.29, 0.717) is 35.9 Å². The summed E-state index contributed by atoms with van der Waals surface area (Å²) in [6.45, 7) is 4.19. The fourth-order valence-corrected chi connectivity index (χ4v) is 1.80. The lowest BCUT2D eigenvalue weighted by molar-refractivity contribution is 0.103. The molecule has 19 heavy (non-hydrogen) atoms. The molecule has 0 aliphatic carbocycles. The van der Waals surface area contributed by atoms with Gasteiger partial charge in [-0.05, 0) is 19.4 Å². The zero-order valence-corrected chi connectivity index (χ0v) is 10.8. The third-order valence-corrected chi connectivity index (χ3v) is 2.67. The zero-order chi connectivity index (χ0) is 13.8. The summed E-state index contributed by atoms with van der Waals surface area (Å²) < 4.78 is 5.25. The molecule has 6 nitrogen and oxygen atoms in total. The second-order valence-electron chi connectivity index (χ2n) is 3.93. The number of aromatic nitrogens is 3. The van der Waals surface area contributed by atoms with E-state index >= 15 is 0 Å². The molecule has 0 spiro atoms. The van der Waals surface area contributed by atoms with Gasteiger partial charge in [-0.25, -0.2) is 9.78 Å². The number of ether oxygens (including phenoxy) is 1. The zero-order valence-electron chi connectivity index (χ0n) is 10.8. The highest BCUT2D eigenvalue weighted by Gasteiger charge is 2.16. The number of hydrogen-bond donors (Lipinski definition) is 2. The maximum atomic E-state index is 12.3. The summed E-state index contributed by atoms with van der Waals surface area (Å²) in [6.07, 6.45) is 2.08. The molecule has 2 heterocycles. The van der Waals surface area contributed by atoms with E-state index in [0.717, 1.165) is 0 Å². The minimum Gasteiger partial charge on any atom is -0.478 e. The van der Waals surface area contributed by atoms with E-state index in [1.54, 1.807) is 12.1 Å². The number of carbonyl (C=O) groups excluding carboxylic acids is 1. The first kappa shape index (κ1) is 13.1. The van der Waals surface area contributed by atoms with Gasteiger partial charge in [-0.2, -0.15) is 0 Å². The van der Waals surface area contributed by atoms with Crippen molar-refractivity contribution in [1.82, 2.24) is 15.0 Å². The molecular weight excluding hydrogens is 246 g/mol. The molecule has 100 valence electrons. The molecule has 0 bridgehead atoms. The third kappa shape index (κ3) is 2.73. The number of aromatic amines is 2. The number of nitrogens with zero attached hydrogens (tertiary/aromatic N) is 1. The second-order valence-corrected chi connectivity index (χ2v) is 3.93. The van der Waals surface area contributed by atoms with Crippen molar-refractivity contribution < 1.29 is 9.53 Å². The van der Waals surface area contributed by atoms with Crippen LogP contribution in [0, 0.1) is 0 Å². The molecule has 0 saturated heterocycles. The van der Waals surface area contributed by atoms with Crippen molar-refractivity contribution in [3.63, 3.8) is 0 Å². The SMILES string of the molecule is CCOc1cc(C(=O)c2[nH]c(=O)[nH]c2CC)ccn1. The van der Waals surface area contributed by atoms with Crippen LogP contribution in [0.25, 0.3) is 0 Å². The van der Waals surface area contributed by atoms with E-state index in [9.17, 15) is 9.59 Å². The Hall–Kier alpha value is -2.37. The van der Waals surface area contributed by atoms with Crippen molar-refractivity contribution in [2.75, 3.05) is 6.61 Å². The van der Waals surface area contributed by atoms with Crippen LogP contribution in [0.15, 0.2) is 23.1 Å². The van der Waals surface area contributed by atoms with Crippen molar-refractivity contribution >= 4 is 5.78 Å². The minimum absolute atomic E-state index is 0.251. The fraction of sp³-hybridized carbons (Fsp3) is 0.308. The number of carbonyl (C=O) groups is 1. The molecule has 0 atom stereocenters. The maximum Gasteiger partial charge on any atom is 0.323 e. The summed E-state index contributed by atoms with van der Waals surface area (Å²) >= 11 is 0. The monoisotopic (exact) mass is 261 g/mol. The van der Waals surface area contributed by atoms with E-state index in [-0.39, 0.29) is 11.5 Å².